The van der Waals surface area contributed by atoms with Crippen LogP contribution in [0.25, 0.3) is 16.0 Å². The minimum atomic E-state index is -6.11. The Bertz CT molecular complexity index is 4390. The number of sulfone groups is 1. The Morgan fingerprint density at radius 1 is 0.791 bits per heavy atom. The molecule has 0 radical (unpaired) electrons. The van der Waals surface area contributed by atoms with Crippen molar-refractivity contribution in [3.63, 3.8) is 0 Å². The van der Waals surface area contributed by atoms with Crippen LogP contribution in [0.5, 0.6) is 0 Å². The third kappa shape index (κ3) is 22.9. The number of thioether (sulfide) groups is 1. The first-order chi connectivity index (χ1) is 52.3. The number of thiazole rings is 1. The Morgan fingerprint density at radius 3 is 2.09 bits per heavy atom. The van der Waals surface area contributed by atoms with E-state index >= 15 is 0 Å². The van der Waals surface area contributed by atoms with E-state index in [4.69, 9.17) is 16.3 Å². The maximum absolute atomic E-state index is 14.4. The fourth-order valence-electron chi connectivity index (χ4n) is 14.7. The van der Waals surface area contributed by atoms with Crippen LogP contribution in [-0.4, -0.2) is 185 Å². The molecule has 3 fully saturated rings. The lowest BCUT2D eigenvalue weighted by molar-refractivity contribution is -0.144. The Kier molecular flexibility index (Phi) is 29.7. The predicted octanol–water partition coefficient (Wildman–Crippen LogP) is 13.2. The Hall–Kier alpha value is -7.41. The van der Waals surface area contributed by atoms with Crippen LogP contribution in [0.1, 0.15) is 158 Å². The number of hydrogen-bond donors (Lipinski definition) is 6. The first-order valence-electron chi connectivity index (χ1n) is 38.0. The number of nitrogens with zero attached hydrogens (tertiary/aromatic N) is 5. The number of aliphatic hydroxyl groups excluding tert-OH is 1. The molecule has 4 heterocycles. The number of alkyl halides is 3. The van der Waals surface area contributed by atoms with E-state index < -0.39 is 87.7 Å². The molecule has 1 aromatic heterocycles. The van der Waals surface area contributed by atoms with Crippen molar-refractivity contribution in [2.75, 3.05) is 94.6 Å². The van der Waals surface area contributed by atoms with Crippen molar-refractivity contribution in [1.29, 1.82) is 0 Å². The normalized spacial score (nSPS) is 19.2. The average molecular weight is 1610 g/mol. The number of likely N-dealkylation sites (tertiary alicyclic amines) is 1. The number of aliphatic hydroxyl groups is 1. The summed E-state index contributed by atoms with van der Waals surface area (Å²) in [4.78, 5) is 81.5. The van der Waals surface area contributed by atoms with Gasteiger partial charge in [0.25, 0.3) is 25.8 Å². The van der Waals surface area contributed by atoms with Crippen LogP contribution < -0.4 is 30.9 Å². The van der Waals surface area contributed by atoms with Crippen LogP contribution in [0, 0.1) is 17.8 Å². The van der Waals surface area contributed by atoms with Crippen molar-refractivity contribution in [2.45, 2.75) is 182 Å². The van der Waals surface area contributed by atoms with Gasteiger partial charge in [0.1, 0.15) is 17.0 Å². The molecule has 6 N–H and O–H groups in total. The van der Waals surface area contributed by atoms with Crippen LogP contribution in [-0.2, 0) is 43.8 Å². The zero-order valence-electron chi connectivity index (χ0n) is 63.5. The highest BCUT2D eigenvalue weighted by atomic mass is 35.5. The first kappa shape index (κ1) is 85.0. The third-order valence-electron chi connectivity index (χ3n) is 21.2. The molecule has 0 spiro atoms. The molecule has 4 aliphatic rings. The molecular formula is C81H104ClF3N10O11S4. The molecule has 596 valence electrons. The monoisotopic (exact) mass is 1610 g/mol. The van der Waals surface area contributed by atoms with Gasteiger partial charge in [-0.25, -0.2) is 26.5 Å². The van der Waals surface area contributed by atoms with Crippen LogP contribution in [0.15, 0.2) is 147 Å². The fraction of sp³-hybridized carbons (Fsp3) is 0.506. The van der Waals surface area contributed by atoms with Crippen molar-refractivity contribution in [1.82, 2.24) is 40.4 Å². The highest BCUT2D eigenvalue weighted by molar-refractivity contribution is 7.99. The average Bonchev–Trinajstić information content (AvgIpc) is 0.883. The number of aryl methyl sites for hydroxylation is 1. The van der Waals surface area contributed by atoms with Gasteiger partial charge in [-0.2, -0.15) is 13.2 Å². The second-order valence-electron chi connectivity index (χ2n) is 30.6. The number of anilines is 2. The van der Waals surface area contributed by atoms with E-state index in [9.17, 15) is 59.1 Å². The number of carbonyl (C=O) groups excluding carboxylic acids is 5. The Morgan fingerprint density at radius 2 is 1.45 bits per heavy atom. The van der Waals surface area contributed by atoms with E-state index in [0.717, 1.165) is 94.9 Å². The Labute approximate surface area is 658 Å². The number of sulfonamides is 1. The number of rotatable bonds is 34. The van der Waals surface area contributed by atoms with E-state index in [1.165, 1.54) is 39.9 Å². The second kappa shape index (κ2) is 38.4. The van der Waals surface area contributed by atoms with Gasteiger partial charge < -0.3 is 40.9 Å². The molecule has 1 aliphatic carbocycles. The van der Waals surface area contributed by atoms with Gasteiger partial charge in [-0.15, -0.1) is 23.1 Å². The SMILES string of the molecule is Cc1ncsc1-c1ccc([C@H](C)NC(=O)[C@@H]2C[C@@H](O)CN2C(=O)[C@@H](NC(=O)CCCCCCCCCCNC(=O)C2(C)CCC(c3ccc(Cl)cc3)=C(CN3CCN(c4ccc(C(=O)NS(=O)(=O)c5ccc(N[C@H](CCN6CCOCC6)CSc6ccccc6)c(S(=O)(=O)C(F)(F)F)c5)cc4)CC3)C2)C(C)(C)C)cc1. The van der Waals surface area contributed by atoms with Crippen molar-refractivity contribution >= 4 is 101 Å². The molecule has 5 amide bonds. The molecule has 5 aromatic carbocycles. The lowest BCUT2D eigenvalue weighted by atomic mass is 9.70. The molecule has 10 rings (SSSR count). The summed E-state index contributed by atoms with van der Waals surface area (Å²) < 4.78 is 105. The summed E-state index contributed by atoms with van der Waals surface area (Å²) in [5, 5.41) is 23.7. The summed E-state index contributed by atoms with van der Waals surface area (Å²) in [6, 6.07) is 31.0. The zero-order valence-corrected chi connectivity index (χ0v) is 67.5. The zero-order chi connectivity index (χ0) is 79.0. The van der Waals surface area contributed by atoms with Gasteiger partial charge in [-0.3, -0.25) is 33.8 Å². The highest BCUT2D eigenvalue weighted by Crippen LogP contribution is 2.44. The lowest BCUT2D eigenvalue weighted by Crippen LogP contribution is -2.57. The summed E-state index contributed by atoms with van der Waals surface area (Å²) in [7, 11) is -11.0. The predicted molar refractivity (Wildman–Crippen MR) is 427 cm³/mol. The molecule has 21 nitrogen and oxygen atoms in total. The van der Waals surface area contributed by atoms with Gasteiger partial charge in [0.2, 0.25) is 23.6 Å². The van der Waals surface area contributed by atoms with Crippen molar-refractivity contribution < 1.29 is 63.8 Å². The highest BCUT2D eigenvalue weighted by Gasteiger charge is 2.49. The maximum atomic E-state index is 14.4. The van der Waals surface area contributed by atoms with Crippen LogP contribution >= 0.6 is 34.7 Å². The summed E-state index contributed by atoms with van der Waals surface area (Å²) >= 11 is 9.35. The summed E-state index contributed by atoms with van der Waals surface area (Å²) in [5.74, 6) is -1.69. The van der Waals surface area contributed by atoms with E-state index in [1.54, 1.807) is 23.5 Å². The van der Waals surface area contributed by atoms with Crippen molar-refractivity contribution in [2.24, 2.45) is 10.8 Å². The van der Waals surface area contributed by atoms with Gasteiger partial charge in [-0.05, 0) is 147 Å². The van der Waals surface area contributed by atoms with E-state index in [0.29, 0.717) is 121 Å². The number of hydrogen-bond acceptors (Lipinski definition) is 18. The van der Waals surface area contributed by atoms with Crippen molar-refractivity contribution in [3.05, 3.63) is 160 Å². The van der Waals surface area contributed by atoms with Gasteiger partial charge in [-0.1, -0.05) is 138 Å². The number of morpholine rings is 1. The fourth-order valence-corrected chi connectivity index (χ4v) is 18.6. The summed E-state index contributed by atoms with van der Waals surface area (Å²) in [5.41, 5.74) is 1.36. The summed E-state index contributed by atoms with van der Waals surface area (Å²) in [6.45, 7) is 18.2. The molecule has 29 heteroatoms. The minimum Gasteiger partial charge on any atom is -0.391 e. The number of piperazine rings is 1. The smallest absolute Gasteiger partial charge is 0.391 e. The van der Waals surface area contributed by atoms with Gasteiger partial charge in [0, 0.05) is 111 Å². The van der Waals surface area contributed by atoms with E-state index in [-0.39, 0.29) is 48.7 Å². The third-order valence-corrected chi connectivity index (χ3v) is 26.5. The molecule has 3 saturated heterocycles. The topological polar surface area (TPSA) is 269 Å². The number of benzene rings is 5. The number of unbranched alkanes of at least 4 members (excludes halogenated alkanes) is 7. The first-order valence-corrected chi connectivity index (χ1v) is 43.2. The van der Waals surface area contributed by atoms with Crippen LogP contribution in [0.3, 0.4) is 0 Å². The number of allylic oxidation sites excluding steroid dienone is 1. The number of aromatic nitrogens is 1. The Balaban J connectivity index is 0.649. The van der Waals surface area contributed by atoms with Crippen molar-refractivity contribution in [3.8, 4) is 10.4 Å². The number of ether oxygens (including phenoxy) is 1. The van der Waals surface area contributed by atoms with Crippen LogP contribution in [0.4, 0.5) is 24.5 Å². The molecule has 6 aromatic rings. The molecule has 0 saturated carbocycles. The number of amides is 5. The molecule has 110 heavy (non-hydrogen) atoms. The molecule has 6 atom stereocenters. The minimum absolute atomic E-state index is 0.00680. The lowest BCUT2D eigenvalue weighted by Gasteiger charge is -2.40. The molecule has 0 bridgehead atoms. The molecule has 1 unspecified atom stereocenters. The van der Waals surface area contributed by atoms with E-state index in [1.807, 2.05) is 131 Å². The number of halogens is 4. The number of β-amino-alcohol motifs (C(OH)–C–C–N with tert-alkyl or cyclic N) is 1. The van der Waals surface area contributed by atoms with E-state index in [2.05, 4.69) is 41.0 Å². The summed E-state index contributed by atoms with van der Waals surface area (Å²) in [6.07, 6.45) is 9.16. The standard InChI is InChI=1S/C81H104ClF3N10O11S4/c1-55(57-21-23-59(24-22-57)73-56(2)87-54-108-73)88-76(99)70-48-65(96)52-95(70)77(100)74(79(3,4)5)90-72(97)20-16-11-9-7-8-10-12-17-38-86-78(101)80(6)37-35-68(58-25-29-62(82)30-26-58)61(50-80)51-93-40-42-94(43-41-93)64-31-27-60(28-32-64)75(98)91-110(104,105)67-33-34-69(71(49-67)109(102,103)81(83,84)85)89-63(36-39-92-44-46-106-47-45-92)53-107-66-18-14-13-15-19-66/h13-15,18-19,21-34,49,54-55,63,65,70,74,89,96H,7-12,16-17,20,35-48,50-53H2,1-6H3,(H,86,101)(H,88,99)(H,90,97)(H,91,98)/t55-,63+,65+,70-,74+,80?/m0/s1. The quantitative estimate of drug-likeness (QED) is 0.0162. The van der Waals surface area contributed by atoms with Gasteiger partial charge >= 0.3 is 5.51 Å². The van der Waals surface area contributed by atoms with Crippen LogP contribution in [0.2, 0.25) is 5.02 Å². The number of carbonyl (C=O) groups is 5. The molecule has 3 aliphatic heterocycles. The number of nitrogens with one attached hydrogen (secondary N) is 5. The maximum Gasteiger partial charge on any atom is 0.501 e. The molecular weight excluding hydrogens is 1510 g/mol. The second-order valence-corrected chi connectivity index (χ2v) is 36.6. The van der Waals surface area contributed by atoms with Gasteiger partial charge in [0.15, 0.2) is 0 Å². The van der Waals surface area contributed by atoms with Gasteiger partial charge in [0.05, 0.1) is 57.4 Å². The largest absolute Gasteiger partial charge is 0.501 e.